The van der Waals surface area contributed by atoms with Crippen molar-refractivity contribution in [1.29, 1.82) is 0 Å². The maximum absolute atomic E-state index is 11.7. The normalized spacial score (nSPS) is 14.8. The number of pyridine rings is 1. The van der Waals surface area contributed by atoms with Crippen molar-refractivity contribution >= 4 is 33.2 Å². The fourth-order valence-electron chi connectivity index (χ4n) is 3.73. The summed E-state index contributed by atoms with van der Waals surface area (Å²) in [5.41, 5.74) is 1.73. The Morgan fingerprint density at radius 1 is 1.13 bits per heavy atom. The Balaban J connectivity index is 1.66. The van der Waals surface area contributed by atoms with Crippen LogP contribution in [0.25, 0.3) is 21.3 Å². The molecule has 1 saturated heterocycles. The van der Waals surface area contributed by atoms with Gasteiger partial charge in [-0.1, -0.05) is 19.1 Å². The summed E-state index contributed by atoms with van der Waals surface area (Å²) in [6.45, 7) is 9.35. The molecule has 1 aromatic carbocycles. The van der Waals surface area contributed by atoms with Gasteiger partial charge in [0.05, 0.1) is 17.0 Å². The Labute approximate surface area is 181 Å². The first kappa shape index (κ1) is 20.6. The molecule has 0 atom stereocenters. The highest BCUT2D eigenvalue weighted by Crippen LogP contribution is 2.37. The summed E-state index contributed by atoms with van der Waals surface area (Å²) in [5.74, 6) is 1.30. The second-order valence-electron chi connectivity index (χ2n) is 7.18. The lowest BCUT2D eigenvalue weighted by Crippen LogP contribution is -2.46. The van der Waals surface area contributed by atoms with Crippen LogP contribution in [0.5, 0.6) is 5.75 Å². The number of rotatable bonds is 7. The van der Waals surface area contributed by atoms with Crippen molar-refractivity contribution < 1.29 is 14.3 Å². The average Bonchev–Trinajstić information content (AvgIpc) is 3.26. The summed E-state index contributed by atoms with van der Waals surface area (Å²) in [5, 5.41) is 3.29. The van der Waals surface area contributed by atoms with E-state index in [-0.39, 0.29) is 12.6 Å². The number of para-hydroxylation sites is 1. The summed E-state index contributed by atoms with van der Waals surface area (Å²) < 4.78 is 12.0. The van der Waals surface area contributed by atoms with Gasteiger partial charge in [-0.05, 0) is 48.5 Å². The molecule has 1 aliphatic rings. The number of carbonyl (C=O) groups is 1. The number of carbonyl (C=O) groups excluding carboxylic acids is 1. The maximum atomic E-state index is 11.7. The van der Waals surface area contributed by atoms with Gasteiger partial charge >= 0.3 is 5.97 Å². The molecular formula is C23H27N3O3S. The Morgan fingerprint density at radius 2 is 1.93 bits per heavy atom. The molecule has 0 amide bonds. The number of likely N-dealkylation sites (N-methyl/N-ethyl adjacent to an activating group) is 1. The maximum Gasteiger partial charge on any atom is 0.344 e. The third kappa shape index (κ3) is 4.42. The Bertz CT molecular complexity index is 1010. The van der Waals surface area contributed by atoms with Gasteiger partial charge in [0.2, 0.25) is 0 Å². The molecule has 30 heavy (non-hydrogen) atoms. The second kappa shape index (κ2) is 9.45. The van der Waals surface area contributed by atoms with Crippen LogP contribution >= 0.6 is 11.3 Å². The van der Waals surface area contributed by atoms with Crippen LogP contribution in [0.1, 0.15) is 13.8 Å². The number of ether oxygens (including phenoxy) is 2. The number of aromatic nitrogens is 1. The molecule has 0 aliphatic carbocycles. The molecule has 0 saturated carbocycles. The highest BCUT2D eigenvalue weighted by atomic mass is 32.1. The van der Waals surface area contributed by atoms with E-state index in [1.165, 1.54) is 10.1 Å². The van der Waals surface area contributed by atoms with Crippen LogP contribution in [-0.4, -0.2) is 61.8 Å². The molecule has 158 valence electrons. The summed E-state index contributed by atoms with van der Waals surface area (Å²) in [7, 11) is 0. The van der Waals surface area contributed by atoms with E-state index in [1.807, 2.05) is 24.3 Å². The van der Waals surface area contributed by atoms with Crippen molar-refractivity contribution in [2.75, 3.05) is 50.8 Å². The molecular weight excluding hydrogens is 398 g/mol. The third-order valence-electron chi connectivity index (χ3n) is 5.35. The van der Waals surface area contributed by atoms with Gasteiger partial charge in [0, 0.05) is 31.7 Å². The lowest BCUT2D eigenvalue weighted by molar-refractivity contribution is -0.145. The van der Waals surface area contributed by atoms with E-state index >= 15 is 0 Å². The van der Waals surface area contributed by atoms with Crippen molar-refractivity contribution in [3.63, 3.8) is 0 Å². The van der Waals surface area contributed by atoms with Gasteiger partial charge in [0.25, 0.3) is 0 Å². The lowest BCUT2D eigenvalue weighted by atomic mass is 10.1. The van der Waals surface area contributed by atoms with Gasteiger partial charge in [-0.25, -0.2) is 9.78 Å². The Morgan fingerprint density at radius 3 is 2.70 bits per heavy atom. The van der Waals surface area contributed by atoms with Crippen LogP contribution in [0.4, 0.5) is 5.82 Å². The number of anilines is 1. The van der Waals surface area contributed by atoms with Crippen molar-refractivity contribution in [1.82, 2.24) is 9.88 Å². The van der Waals surface area contributed by atoms with Gasteiger partial charge < -0.3 is 19.3 Å². The van der Waals surface area contributed by atoms with Crippen molar-refractivity contribution in [2.24, 2.45) is 0 Å². The predicted octanol–water partition coefficient (Wildman–Crippen LogP) is 4.05. The molecule has 1 fully saturated rings. The third-order valence-corrected chi connectivity index (χ3v) is 6.28. The number of esters is 1. The molecule has 0 spiro atoms. The van der Waals surface area contributed by atoms with E-state index in [0.29, 0.717) is 12.4 Å². The molecule has 0 bridgehead atoms. The first-order chi connectivity index (χ1) is 14.7. The standard InChI is InChI=1S/C23H27N3O3S/c1-3-25-10-12-26(13-11-25)23-22-17(9-14-30-22)15-19(24-23)18-7-5-6-8-20(18)29-16-21(27)28-4-2/h5-9,14-15H,3-4,10-13,16H2,1-2H3. The number of hydrogen-bond acceptors (Lipinski definition) is 7. The first-order valence-electron chi connectivity index (χ1n) is 10.4. The molecule has 4 rings (SSSR count). The monoisotopic (exact) mass is 425 g/mol. The van der Waals surface area contributed by atoms with Gasteiger partial charge in [-0.2, -0.15) is 0 Å². The van der Waals surface area contributed by atoms with Gasteiger partial charge in [-0.15, -0.1) is 11.3 Å². The minimum atomic E-state index is -0.372. The fourth-order valence-corrected chi connectivity index (χ4v) is 4.62. The van der Waals surface area contributed by atoms with Gasteiger partial charge in [-0.3, -0.25) is 0 Å². The Hall–Kier alpha value is -2.64. The highest BCUT2D eigenvalue weighted by molar-refractivity contribution is 7.17. The van der Waals surface area contributed by atoms with Crippen LogP contribution in [0.2, 0.25) is 0 Å². The van der Waals surface area contributed by atoms with Crippen LogP contribution in [0.15, 0.2) is 41.8 Å². The SMILES string of the molecule is CCOC(=O)COc1ccccc1-c1cc2ccsc2c(N2CCN(CC)CC2)n1. The molecule has 0 N–H and O–H groups in total. The van der Waals surface area contributed by atoms with Crippen LogP contribution in [0, 0.1) is 0 Å². The van der Waals surface area contributed by atoms with E-state index < -0.39 is 0 Å². The molecule has 1 aliphatic heterocycles. The zero-order valence-corrected chi connectivity index (χ0v) is 18.3. The largest absolute Gasteiger partial charge is 0.481 e. The number of thiophene rings is 1. The molecule has 2 aromatic heterocycles. The van der Waals surface area contributed by atoms with Crippen molar-refractivity contribution in [3.8, 4) is 17.0 Å². The lowest BCUT2D eigenvalue weighted by Gasteiger charge is -2.35. The van der Waals surface area contributed by atoms with Crippen molar-refractivity contribution in [3.05, 3.63) is 41.8 Å². The number of hydrogen-bond donors (Lipinski definition) is 0. The number of benzene rings is 1. The fraction of sp³-hybridized carbons (Fsp3) is 0.391. The second-order valence-corrected chi connectivity index (χ2v) is 8.10. The minimum absolute atomic E-state index is 0.114. The van der Waals surface area contributed by atoms with Gasteiger partial charge in [0.15, 0.2) is 6.61 Å². The molecule has 0 unspecified atom stereocenters. The van der Waals surface area contributed by atoms with E-state index in [4.69, 9.17) is 14.5 Å². The smallest absolute Gasteiger partial charge is 0.344 e. The Kier molecular flexibility index (Phi) is 6.50. The molecule has 0 radical (unpaired) electrons. The molecule has 3 heterocycles. The quantitative estimate of drug-likeness (QED) is 0.533. The number of nitrogens with zero attached hydrogens (tertiary/aromatic N) is 3. The average molecular weight is 426 g/mol. The van der Waals surface area contributed by atoms with Gasteiger partial charge in [0.1, 0.15) is 11.6 Å². The van der Waals surface area contributed by atoms with Crippen molar-refractivity contribution in [2.45, 2.75) is 13.8 Å². The molecule has 3 aromatic rings. The van der Waals surface area contributed by atoms with Crippen LogP contribution in [0.3, 0.4) is 0 Å². The predicted molar refractivity (Wildman–Crippen MR) is 122 cm³/mol. The summed E-state index contributed by atoms with van der Waals surface area (Å²) in [6.07, 6.45) is 0. The van der Waals surface area contributed by atoms with E-state index in [9.17, 15) is 4.79 Å². The zero-order chi connectivity index (χ0) is 20.9. The first-order valence-corrected chi connectivity index (χ1v) is 11.3. The topological polar surface area (TPSA) is 54.9 Å². The molecule has 6 nitrogen and oxygen atoms in total. The highest BCUT2D eigenvalue weighted by Gasteiger charge is 2.21. The molecule has 7 heteroatoms. The summed E-state index contributed by atoms with van der Waals surface area (Å²) in [6, 6.07) is 12.0. The number of piperazine rings is 1. The summed E-state index contributed by atoms with van der Waals surface area (Å²) in [4.78, 5) is 21.7. The summed E-state index contributed by atoms with van der Waals surface area (Å²) >= 11 is 1.73. The van der Waals surface area contributed by atoms with Crippen LogP contribution < -0.4 is 9.64 Å². The van der Waals surface area contributed by atoms with E-state index in [1.54, 1.807) is 18.3 Å². The van der Waals surface area contributed by atoms with Crippen LogP contribution in [-0.2, 0) is 9.53 Å². The number of fused-ring (bicyclic) bond motifs is 1. The van der Waals surface area contributed by atoms with E-state index in [0.717, 1.165) is 49.8 Å². The van der Waals surface area contributed by atoms with E-state index in [2.05, 4.69) is 34.2 Å². The zero-order valence-electron chi connectivity index (χ0n) is 17.5. The minimum Gasteiger partial charge on any atom is -0.481 e.